The van der Waals surface area contributed by atoms with Crippen LogP contribution in [0.25, 0.3) is 11.3 Å². The number of aromatic amines is 1. The van der Waals surface area contributed by atoms with Crippen molar-refractivity contribution in [2.45, 2.75) is 4.90 Å². The van der Waals surface area contributed by atoms with E-state index in [0.717, 1.165) is 11.3 Å². The molecule has 150 valence electrons. The minimum Gasteiger partial charge on any atom is -0.455 e. The van der Waals surface area contributed by atoms with E-state index >= 15 is 0 Å². The zero-order chi connectivity index (χ0) is 21.1. The first-order valence-electron chi connectivity index (χ1n) is 8.40. The smallest absolute Gasteiger partial charge is 0.263 e. The minimum atomic E-state index is -3.89. The Balaban J connectivity index is 1.68. The number of nitrogens with zero attached hydrogens (tertiary/aromatic N) is 3. The summed E-state index contributed by atoms with van der Waals surface area (Å²) in [5, 5.41) is 18.7. The third-order valence-electron chi connectivity index (χ3n) is 3.99. The molecule has 2 aromatic carbocycles. The summed E-state index contributed by atoms with van der Waals surface area (Å²) < 4.78 is 33.4. The lowest BCUT2D eigenvalue weighted by Crippen LogP contribution is -2.13. The van der Waals surface area contributed by atoms with Crippen molar-refractivity contribution in [1.82, 2.24) is 15.2 Å². The molecule has 0 aliphatic carbocycles. The topological polar surface area (TPSA) is 121 Å². The van der Waals surface area contributed by atoms with E-state index in [1.54, 1.807) is 35.8 Å². The monoisotopic (exact) mass is 457 g/mol. The van der Waals surface area contributed by atoms with Gasteiger partial charge in [0.25, 0.3) is 10.0 Å². The van der Waals surface area contributed by atoms with Crippen LogP contribution in [-0.4, -0.2) is 23.6 Å². The lowest BCUT2D eigenvalue weighted by molar-refractivity contribution is 0.482. The maximum atomic E-state index is 12.6. The van der Waals surface area contributed by atoms with Crippen molar-refractivity contribution in [3.8, 4) is 28.8 Å². The van der Waals surface area contributed by atoms with Crippen molar-refractivity contribution in [2.75, 3.05) is 4.72 Å². The molecule has 0 radical (unpaired) electrons. The fourth-order valence-electron chi connectivity index (χ4n) is 2.63. The number of aromatic nitrogens is 3. The molecule has 2 N–H and O–H groups in total. The van der Waals surface area contributed by atoms with Crippen molar-refractivity contribution in [1.29, 1.82) is 5.26 Å². The number of ether oxygens (including phenoxy) is 1. The summed E-state index contributed by atoms with van der Waals surface area (Å²) in [6.07, 6.45) is 3.08. The van der Waals surface area contributed by atoms with Crippen molar-refractivity contribution in [2.24, 2.45) is 0 Å². The number of hydrogen-bond acceptors (Lipinski definition) is 7. The second kappa shape index (κ2) is 8.16. The highest BCUT2D eigenvalue weighted by atomic mass is 35.5. The SMILES string of the molecule is N#Cc1cc(S(=O)(=O)Nc2nccs2)ccc1Oc1ccc(Cl)cc1-c1ccn[nH]1. The number of H-pyrrole nitrogens is 1. The van der Waals surface area contributed by atoms with Crippen LogP contribution in [0.15, 0.2) is 65.1 Å². The summed E-state index contributed by atoms with van der Waals surface area (Å²) in [7, 11) is -3.89. The number of thiazole rings is 1. The van der Waals surface area contributed by atoms with E-state index in [4.69, 9.17) is 16.3 Å². The third-order valence-corrected chi connectivity index (χ3v) is 6.38. The van der Waals surface area contributed by atoms with Gasteiger partial charge in [0.2, 0.25) is 0 Å². The number of rotatable bonds is 6. The lowest BCUT2D eigenvalue weighted by Gasteiger charge is -2.13. The standard InChI is InChI=1S/C19H12ClN5O3S2/c20-13-1-3-18(15(10-13)16-5-6-23-24-16)28-17-4-2-14(9-12(17)11-21)30(26,27)25-19-22-7-8-29-19/h1-10H,(H,22,25)(H,23,24). The summed E-state index contributed by atoms with van der Waals surface area (Å²) in [6, 6.07) is 12.8. The van der Waals surface area contributed by atoms with Gasteiger partial charge in [-0.2, -0.15) is 10.4 Å². The summed E-state index contributed by atoms with van der Waals surface area (Å²) in [4.78, 5) is 3.83. The van der Waals surface area contributed by atoms with Crippen LogP contribution >= 0.6 is 22.9 Å². The molecule has 2 heterocycles. The van der Waals surface area contributed by atoms with Crippen LogP contribution in [0.2, 0.25) is 5.02 Å². The van der Waals surface area contributed by atoms with E-state index in [9.17, 15) is 13.7 Å². The molecule has 4 rings (SSSR count). The molecule has 30 heavy (non-hydrogen) atoms. The van der Waals surface area contributed by atoms with E-state index < -0.39 is 10.0 Å². The molecular weight excluding hydrogens is 446 g/mol. The van der Waals surface area contributed by atoms with E-state index in [-0.39, 0.29) is 21.3 Å². The molecule has 0 aliphatic heterocycles. The van der Waals surface area contributed by atoms with Gasteiger partial charge >= 0.3 is 0 Å². The summed E-state index contributed by atoms with van der Waals surface area (Å²) in [5.41, 5.74) is 1.38. The molecule has 11 heteroatoms. The number of nitrogens with one attached hydrogen (secondary N) is 2. The predicted molar refractivity (Wildman–Crippen MR) is 113 cm³/mol. The third kappa shape index (κ3) is 4.13. The highest BCUT2D eigenvalue weighted by molar-refractivity contribution is 7.93. The Labute approximate surface area is 180 Å². The van der Waals surface area contributed by atoms with Crippen molar-refractivity contribution in [3.63, 3.8) is 0 Å². The van der Waals surface area contributed by atoms with Crippen LogP contribution < -0.4 is 9.46 Å². The fourth-order valence-corrected chi connectivity index (χ4v) is 4.61. The van der Waals surface area contributed by atoms with Gasteiger partial charge in [-0.15, -0.1) is 11.3 Å². The molecule has 2 aromatic heterocycles. The molecule has 0 saturated heterocycles. The fraction of sp³-hybridized carbons (Fsp3) is 0. The van der Waals surface area contributed by atoms with Gasteiger partial charge in [0.05, 0.1) is 16.2 Å². The first-order chi connectivity index (χ1) is 14.5. The Hall–Kier alpha value is -3.39. The number of nitriles is 1. The molecule has 0 saturated carbocycles. The quantitative estimate of drug-likeness (QED) is 0.434. The van der Waals surface area contributed by atoms with Gasteiger partial charge in [-0.25, -0.2) is 13.4 Å². The van der Waals surface area contributed by atoms with E-state index in [2.05, 4.69) is 19.9 Å². The molecule has 0 unspecified atom stereocenters. The average Bonchev–Trinajstić information content (AvgIpc) is 3.43. The maximum absolute atomic E-state index is 12.6. The number of anilines is 1. The Morgan fingerprint density at radius 2 is 1.97 bits per heavy atom. The van der Waals surface area contributed by atoms with Crippen LogP contribution in [-0.2, 0) is 10.0 Å². The summed E-state index contributed by atoms with van der Waals surface area (Å²) >= 11 is 7.26. The Morgan fingerprint density at radius 1 is 1.13 bits per heavy atom. The second-order valence-electron chi connectivity index (χ2n) is 5.93. The van der Waals surface area contributed by atoms with E-state index in [1.165, 1.54) is 24.4 Å². The molecule has 0 fully saturated rings. The summed E-state index contributed by atoms with van der Waals surface area (Å²) in [6.45, 7) is 0. The molecular formula is C19H12ClN5O3S2. The zero-order valence-corrected chi connectivity index (χ0v) is 17.4. The van der Waals surface area contributed by atoms with Gasteiger partial charge in [-0.05, 0) is 42.5 Å². The van der Waals surface area contributed by atoms with Crippen LogP contribution in [0, 0.1) is 11.3 Å². The largest absolute Gasteiger partial charge is 0.455 e. The Morgan fingerprint density at radius 3 is 2.67 bits per heavy atom. The van der Waals surface area contributed by atoms with Crippen LogP contribution in [0.3, 0.4) is 0 Å². The highest BCUT2D eigenvalue weighted by Crippen LogP contribution is 2.36. The van der Waals surface area contributed by atoms with Crippen LogP contribution in [0.5, 0.6) is 11.5 Å². The van der Waals surface area contributed by atoms with Gasteiger partial charge in [-0.3, -0.25) is 9.82 Å². The van der Waals surface area contributed by atoms with Gasteiger partial charge in [-0.1, -0.05) is 11.6 Å². The number of hydrogen-bond donors (Lipinski definition) is 2. The first kappa shape index (κ1) is 19.9. The van der Waals surface area contributed by atoms with Gasteiger partial charge in [0, 0.05) is 28.4 Å². The molecule has 0 aliphatic rings. The maximum Gasteiger partial charge on any atom is 0.263 e. The van der Waals surface area contributed by atoms with Crippen molar-refractivity contribution in [3.05, 3.63) is 70.8 Å². The average molecular weight is 458 g/mol. The van der Waals surface area contributed by atoms with Gasteiger partial charge in [0.1, 0.15) is 17.6 Å². The Bertz CT molecular complexity index is 1330. The first-order valence-corrected chi connectivity index (χ1v) is 11.1. The minimum absolute atomic E-state index is 0.0579. The molecule has 4 aromatic rings. The highest BCUT2D eigenvalue weighted by Gasteiger charge is 2.19. The molecule has 0 bridgehead atoms. The van der Waals surface area contributed by atoms with E-state index in [0.29, 0.717) is 22.0 Å². The van der Waals surface area contributed by atoms with Crippen LogP contribution in [0.4, 0.5) is 5.13 Å². The van der Waals surface area contributed by atoms with Crippen molar-refractivity contribution >= 4 is 38.1 Å². The van der Waals surface area contributed by atoms with Gasteiger partial charge < -0.3 is 4.74 Å². The van der Waals surface area contributed by atoms with Crippen LogP contribution in [0.1, 0.15) is 5.56 Å². The van der Waals surface area contributed by atoms with Crippen molar-refractivity contribution < 1.29 is 13.2 Å². The predicted octanol–water partition coefficient (Wildman–Crippen LogP) is 4.65. The second-order valence-corrected chi connectivity index (χ2v) is 8.94. The molecule has 8 nitrogen and oxygen atoms in total. The summed E-state index contributed by atoms with van der Waals surface area (Å²) in [5.74, 6) is 0.630. The van der Waals surface area contributed by atoms with Gasteiger partial charge in [0.15, 0.2) is 5.13 Å². The lowest BCUT2D eigenvalue weighted by atomic mass is 10.1. The molecule has 0 spiro atoms. The number of halogens is 1. The normalized spacial score (nSPS) is 11.1. The molecule has 0 atom stereocenters. The molecule has 0 amide bonds. The number of benzene rings is 2. The number of sulfonamides is 1. The zero-order valence-electron chi connectivity index (χ0n) is 15.0. The van der Waals surface area contributed by atoms with E-state index in [1.807, 2.05) is 6.07 Å². The Kier molecular flexibility index (Phi) is 5.41.